The monoisotopic (exact) mass is 402 g/mol. The maximum Gasteiger partial charge on any atom is 0.314 e. The first kappa shape index (κ1) is 21.1. The van der Waals surface area contributed by atoms with Gasteiger partial charge in [0.05, 0.1) is 17.0 Å². The topological polar surface area (TPSA) is 72.1 Å². The number of aromatic nitrogens is 2. The predicted molar refractivity (Wildman–Crippen MR) is 108 cm³/mol. The highest BCUT2D eigenvalue weighted by molar-refractivity contribution is 5.72. The van der Waals surface area contributed by atoms with Crippen LogP contribution in [0.3, 0.4) is 0 Å². The summed E-state index contributed by atoms with van der Waals surface area (Å²) in [6.45, 7) is 9.11. The number of nitrogens with two attached hydrogens (primary N) is 1. The van der Waals surface area contributed by atoms with Gasteiger partial charge in [0.15, 0.2) is 0 Å². The Hall–Kier alpha value is -2.57. The van der Waals surface area contributed by atoms with Gasteiger partial charge in [-0.25, -0.2) is 13.6 Å². The Bertz CT molecular complexity index is 897. The molecule has 1 aromatic carbocycles. The molecule has 1 heterocycles. The zero-order valence-corrected chi connectivity index (χ0v) is 17.4. The van der Waals surface area contributed by atoms with Gasteiger partial charge < -0.3 is 10.6 Å². The summed E-state index contributed by atoms with van der Waals surface area (Å²) in [5, 5.41) is 8.63. The van der Waals surface area contributed by atoms with E-state index >= 15 is 0 Å². The second kappa shape index (κ2) is 8.05. The molecular weight excluding hydrogens is 374 g/mol. The summed E-state index contributed by atoms with van der Waals surface area (Å²) in [6, 6.07) is 5.06. The average molecular weight is 402 g/mol. The van der Waals surface area contributed by atoms with Gasteiger partial charge in [-0.05, 0) is 55.4 Å². The smallest absolute Gasteiger partial charge is 0.314 e. The number of hydrogen-bond acceptors (Lipinski definition) is 3. The molecule has 0 fully saturated rings. The van der Waals surface area contributed by atoms with Crippen molar-refractivity contribution in [3.05, 3.63) is 47.2 Å². The van der Waals surface area contributed by atoms with Crippen LogP contribution in [0.5, 0.6) is 0 Å². The lowest BCUT2D eigenvalue weighted by molar-refractivity contribution is 0.183. The number of carbonyl (C=O) groups is 1. The Kier molecular flexibility index (Phi) is 5.87. The van der Waals surface area contributed by atoms with Gasteiger partial charge in [-0.2, -0.15) is 10.2 Å². The molecule has 0 bridgehead atoms. The van der Waals surface area contributed by atoms with E-state index in [1.165, 1.54) is 18.2 Å². The number of amides is 2. The van der Waals surface area contributed by atoms with E-state index in [0.717, 1.165) is 24.1 Å². The normalized spacial score (nSPS) is 21.1. The summed E-state index contributed by atoms with van der Waals surface area (Å²) in [7, 11) is 0. The Labute approximate surface area is 170 Å². The number of hydrogen-bond donors (Lipinski definition) is 1. The Morgan fingerprint density at radius 2 is 1.97 bits per heavy atom. The molecule has 2 amide bonds. The van der Waals surface area contributed by atoms with Crippen LogP contribution in [0.1, 0.15) is 57.7 Å². The van der Waals surface area contributed by atoms with Crippen molar-refractivity contribution in [3.63, 3.8) is 0 Å². The highest BCUT2D eigenvalue weighted by atomic mass is 19.1. The molecule has 29 heavy (non-hydrogen) atoms. The molecule has 2 atom stereocenters. The van der Waals surface area contributed by atoms with Crippen LogP contribution in [0.2, 0.25) is 0 Å². The maximum atomic E-state index is 14.3. The maximum absolute atomic E-state index is 14.3. The van der Waals surface area contributed by atoms with Crippen LogP contribution in [0.4, 0.5) is 13.6 Å². The van der Waals surface area contributed by atoms with Crippen LogP contribution in [-0.4, -0.2) is 34.2 Å². The summed E-state index contributed by atoms with van der Waals surface area (Å²) >= 11 is 0. The standard InChI is InChI=1S/C22H28F2N4O/c1-5-28(21(25)29)12-22(4)10-9-14(13(2)3)15-11-18(26-27-20(15)22)19-16(23)7-6-8-17(19)24/h6-8,11,13-14H,5,9-10,12H2,1-4H3,(H2,25,29)/t14-,22-/m1/s1. The van der Waals surface area contributed by atoms with Crippen molar-refractivity contribution >= 4 is 6.03 Å². The second-order valence-electron chi connectivity index (χ2n) is 8.43. The first-order valence-electron chi connectivity index (χ1n) is 10.0. The highest BCUT2D eigenvalue weighted by Crippen LogP contribution is 2.45. The van der Waals surface area contributed by atoms with Crippen LogP contribution in [0.15, 0.2) is 24.3 Å². The highest BCUT2D eigenvalue weighted by Gasteiger charge is 2.41. The van der Waals surface area contributed by atoms with Gasteiger partial charge in [-0.1, -0.05) is 26.8 Å². The summed E-state index contributed by atoms with van der Waals surface area (Å²) in [4.78, 5) is 13.4. The minimum absolute atomic E-state index is 0.162. The quantitative estimate of drug-likeness (QED) is 0.794. The van der Waals surface area contributed by atoms with Crippen molar-refractivity contribution in [1.82, 2.24) is 15.1 Å². The number of halogens is 2. The molecule has 2 aromatic rings. The number of urea groups is 1. The lowest BCUT2D eigenvalue weighted by Crippen LogP contribution is -2.47. The van der Waals surface area contributed by atoms with Crippen LogP contribution in [0, 0.1) is 17.6 Å². The molecule has 0 saturated carbocycles. The minimum atomic E-state index is -0.662. The molecule has 7 heteroatoms. The molecular formula is C22H28F2N4O. The fourth-order valence-corrected chi connectivity index (χ4v) is 4.38. The van der Waals surface area contributed by atoms with Crippen molar-refractivity contribution in [3.8, 4) is 11.3 Å². The van der Waals surface area contributed by atoms with Crippen molar-refractivity contribution in [2.75, 3.05) is 13.1 Å². The number of rotatable bonds is 5. The van der Waals surface area contributed by atoms with E-state index in [9.17, 15) is 13.6 Å². The third kappa shape index (κ3) is 3.95. The third-order valence-corrected chi connectivity index (χ3v) is 6.06. The van der Waals surface area contributed by atoms with Crippen LogP contribution >= 0.6 is 0 Å². The Morgan fingerprint density at radius 1 is 1.31 bits per heavy atom. The summed E-state index contributed by atoms with van der Waals surface area (Å²) in [5.41, 5.74) is 6.85. The molecule has 156 valence electrons. The summed E-state index contributed by atoms with van der Waals surface area (Å²) < 4.78 is 28.6. The number of carbonyl (C=O) groups excluding carboxylic acids is 1. The molecule has 1 aliphatic rings. The van der Waals surface area contributed by atoms with Gasteiger partial charge in [-0.3, -0.25) is 0 Å². The minimum Gasteiger partial charge on any atom is -0.351 e. The van der Waals surface area contributed by atoms with Gasteiger partial charge in [0, 0.05) is 18.5 Å². The molecule has 1 aliphatic carbocycles. The molecule has 3 rings (SSSR count). The number of primary amides is 1. The fraction of sp³-hybridized carbons (Fsp3) is 0.500. The number of likely N-dealkylation sites (N-methyl/N-ethyl adjacent to an activating group) is 1. The van der Waals surface area contributed by atoms with E-state index < -0.39 is 23.1 Å². The van der Waals surface area contributed by atoms with E-state index in [-0.39, 0.29) is 17.2 Å². The number of nitrogens with zero attached hydrogens (tertiary/aromatic N) is 3. The Morgan fingerprint density at radius 3 is 2.52 bits per heavy atom. The van der Waals surface area contributed by atoms with Gasteiger partial charge in [-0.15, -0.1) is 0 Å². The molecule has 0 spiro atoms. The first-order chi connectivity index (χ1) is 13.7. The molecule has 2 N–H and O–H groups in total. The average Bonchev–Trinajstić information content (AvgIpc) is 2.65. The van der Waals surface area contributed by atoms with E-state index in [0.29, 0.717) is 19.0 Å². The number of benzene rings is 1. The van der Waals surface area contributed by atoms with Crippen LogP contribution < -0.4 is 5.73 Å². The zero-order chi connectivity index (χ0) is 21.3. The fourth-order valence-electron chi connectivity index (χ4n) is 4.38. The van der Waals surface area contributed by atoms with Gasteiger partial charge in [0.1, 0.15) is 11.6 Å². The van der Waals surface area contributed by atoms with Crippen molar-refractivity contribution in [1.29, 1.82) is 0 Å². The third-order valence-electron chi connectivity index (χ3n) is 6.06. The van der Waals surface area contributed by atoms with Gasteiger partial charge in [0.2, 0.25) is 0 Å². The summed E-state index contributed by atoms with van der Waals surface area (Å²) in [6.07, 6.45) is 1.72. The molecule has 0 unspecified atom stereocenters. The molecule has 1 aromatic heterocycles. The molecule has 0 saturated heterocycles. The van der Waals surface area contributed by atoms with Gasteiger partial charge >= 0.3 is 6.03 Å². The predicted octanol–water partition coefficient (Wildman–Crippen LogP) is 4.61. The van der Waals surface area contributed by atoms with E-state index in [1.54, 1.807) is 11.0 Å². The largest absolute Gasteiger partial charge is 0.351 e. The van der Waals surface area contributed by atoms with E-state index in [1.807, 2.05) is 13.8 Å². The van der Waals surface area contributed by atoms with E-state index in [2.05, 4.69) is 24.0 Å². The summed E-state index contributed by atoms with van der Waals surface area (Å²) in [5.74, 6) is -0.792. The number of fused-ring (bicyclic) bond motifs is 1. The zero-order valence-electron chi connectivity index (χ0n) is 17.4. The van der Waals surface area contributed by atoms with Crippen molar-refractivity contribution < 1.29 is 13.6 Å². The van der Waals surface area contributed by atoms with Crippen molar-refractivity contribution in [2.24, 2.45) is 11.7 Å². The second-order valence-corrected chi connectivity index (χ2v) is 8.43. The van der Waals surface area contributed by atoms with E-state index in [4.69, 9.17) is 5.73 Å². The molecule has 0 radical (unpaired) electrons. The lowest BCUT2D eigenvalue weighted by atomic mass is 9.67. The first-order valence-corrected chi connectivity index (χ1v) is 10.0. The van der Waals surface area contributed by atoms with Crippen molar-refractivity contribution in [2.45, 2.75) is 51.9 Å². The lowest BCUT2D eigenvalue weighted by Gasteiger charge is -2.41. The van der Waals surface area contributed by atoms with Crippen LogP contribution in [-0.2, 0) is 5.41 Å². The Balaban J connectivity index is 2.12. The molecule has 5 nitrogen and oxygen atoms in total. The SMILES string of the molecule is CCN(C[C@@]1(C)CC[C@H](C(C)C)c2cc(-c3c(F)cccc3F)nnc21)C(N)=O. The van der Waals surface area contributed by atoms with Gasteiger partial charge in [0.25, 0.3) is 0 Å². The molecule has 0 aliphatic heterocycles. The van der Waals surface area contributed by atoms with Crippen LogP contribution in [0.25, 0.3) is 11.3 Å².